The van der Waals surface area contributed by atoms with Crippen molar-refractivity contribution < 1.29 is 9.59 Å². The van der Waals surface area contributed by atoms with Gasteiger partial charge >= 0.3 is 0 Å². The molecule has 1 aliphatic heterocycles. The smallest absolute Gasteiger partial charge is 0.274 e. The van der Waals surface area contributed by atoms with Gasteiger partial charge in [-0.05, 0) is 29.5 Å². The number of hydrogen-bond donors (Lipinski definition) is 0. The van der Waals surface area contributed by atoms with Gasteiger partial charge in [-0.2, -0.15) is 0 Å². The van der Waals surface area contributed by atoms with Gasteiger partial charge in [0.2, 0.25) is 5.91 Å². The molecule has 1 aliphatic rings. The number of piperazine rings is 1. The van der Waals surface area contributed by atoms with Crippen LogP contribution in [0.5, 0.6) is 0 Å². The van der Waals surface area contributed by atoms with Gasteiger partial charge in [0, 0.05) is 37.1 Å². The molecular formula is C24H24N4O2S. The molecule has 2 aromatic heterocycles. The van der Waals surface area contributed by atoms with Crippen LogP contribution in [0.25, 0.3) is 10.4 Å². The van der Waals surface area contributed by atoms with Crippen LogP contribution >= 0.6 is 11.3 Å². The molecule has 31 heavy (non-hydrogen) atoms. The summed E-state index contributed by atoms with van der Waals surface area (Å²) in [6.45, 7) is 6.97. The number of aryl methyl sites for hydroxylation is 1. The largest absolute Gasteiger partial charge is 0.335 e. The lowest BCUT2D eigenvalue weighted by molar-refractivity contribution is -0.139. The molecule has 0 aliphatic carbocycles. The third kappa shape index (κ3) is 4.56. The zero-order valence-corrected chi connectivity index (χ0v) is 18.2. The average molecular weight is 433 g/mol. The molecule has 2 amide bonds. The van der Waals surface area contributed by atoms with E-state index >= 15 is 0 Å². The normalized spacial score (nSPS) is 16.4. The van der Waals surface area contributed by atoms with E-state index in [4.69, 9.17) is 0 Å². The van der Waals surface area contributed by atoms with Crippen molar-refractivity contribution in [1.82, 2.24) is 19.8 Å². The van der Waals surface area contributed by atoms with Crippen LogP contribution in [0.2, 0.25) is 0 Å². The summed E-state index contributed by atoms with van der Waals surface area (Å²) in [5.41, 5.74) is 3.15. The maximum Gasteiger partial charge on any atom is 0.274 e. The lowest BCUT2D eigenvalue weighted by atomic mass is 9.99. The van der Waals surface area contributed by atoms with Crippen LogP contribution in [-0.4, -0.2) is 57.3 Å². The number of hydrogen-bond acceptors (Lipinski definition) is 5. The molecular weight excluding hydrogens is 408 g/mol. The first-order chi connectivity index (χ1) is 15.1. The number of carbonyl (C=O) groups is 2. The summed E-state index contributed by atoms with van der Waals surface area (Å²) in [5, 5.41) is 2.05. The van der Waals surface area contributed by atoms with Crippen LogP contribution in [0.15, 0.2) is 66.8 Å². The summed E-state index contributed by atoms with van der Waals surface area (Å²) in [4.78, 5) is 39.4. The molecule has 0 bridgehead atoms. The van der Waals surface area contributed by atoms with E-state index in [1.807, 2.05) is 25.1 Å². The first-order valence-corrected chi connectivity index (χ1v) is 11.1. The SMILES string of the molecule is C=CCN1CCN(C(=O)c2cnc(C)cn2)C(Cc2ccc(-c3cccs3)cc2)C1=O. The Morgan fingerprint density at radius 3 is 2.65 bits per heavy atom. The second-order valence-electron chi connectivity index (χ2n) is 7.51. The number of thiophene rings is 1. The summed E-state index contributed by atoms with van der Waals surface area (Å²) in [5.74, 6) is -0.332. The first kappa shape index (κ1) is 20.9. The minimum Gasteiger partial charge on any atom is -0.335 e. The summed E-state index contributed by atoms with van der Waals surface area (Å²) in [6.07, 6.45) is 5.21. The average Bonchev–Trinajstić information content (AvgIpc) is 3.32. The molecule has 0 spiro atoms. The quantitative estimate of drug-likeness (QED) is 0.559. The van der Waals surface area contributed by atoms with Crippen molar-refractivity contribution in [2.45, 2.75) is 19.4 Å². The van der Waals surface area contributed by atoms with Crippen LogP contribution in [0.4, 0.5) is 0 Å². The lowest BCUT2D eigenvalue weighted by Crippen LogP contribution is -2.59. The van der Waals surface area contributed by atoms with Crippen molar-refractivity contribution in [2.24, 2.45) is 0 Å². The monoisotopic (exact) mass is 432 g/mol. The van der Waals surface area contributed by atoms with E-state index in [2.05, 4.69) is 40.1 Å². The van der Waals surface area contributed by atoms with Crippen LogP contribution in [0.1, 0.15) is 21.7 Å². The van der Waals surface area contributed by atoms with Gasteiger partial charge in [-0.1, -0.05) is 36.4 Å². The molecule has 1 atom stereocenters. The number of nitrogens with zero attached hydrogens (tertiary/aromatic N) is 4. The highest BCUT2D eigenvalue weighted by atomic mass is 32.1. The summed E-state index contributed by atoms with van der Waals surface area (Å²) >= 11 is 1.69. The van der Waals surface area contributed by atoms with E-state index in [0.717, 1.165) is 16.8 Å². The summed E-state index contributed by atoms with van der Waals surface area (Å²) in [7, 11) is 0. The molecule has 3 heterocycles. The molecule has 1 fully saturated rings. The Morgan fingerprint density at radius 1 is 1.19 bits per heavy atom. The lowest BCUT2D eigenvalue weighted by Gasteiger charge is -2.40. The molecule has 1 unspecified atom stereocenters. The first-order valence-electron chi connectivity index (χ1n) is 10.2. The molecule has 158 valence electrons. The van der Waals surface area contributed by atoms with Gasteiger partial charge in [-0.25, -0.2) is 4.98 Å². The van der Waals surface area contributed by atoms with Gasteiger partial charge < -0.3 is 9.80 Å². The van der Waals surface area contributed by atoms with Gasteiger partial charge in [0.05, 0.1) is 11.9 Å². The number of carbonyl (C=O) groups excluding carboxylic acids is 2. The molecule has 4 rings (SSSR count). The predicted molar refractivity (Wildman–Crippen MR) is 122 cm³/mol. The second-order valence-corrected chi connectivity index (χ2v) is 8.46. The van der Waals surface area contributed by atoms with Crippen molar-refractivity contribution in [3.05, 3.63) is 83.8 Å². The zero-order chi connectivity index (χ0) is 21.8. The zero-order valence-electron chi connectivity index (χ0n) is 17.4. The number of benzene rings is 1. The van der Waals surface area contributed by atoms with Crippen molar-refractivity contribution in [1.29, 1.82) is 0 Å². The molecule has 7 heteroatoms. The van der Waals surface area contributed by atoms with Gasteiger partial charge in [0.15, 0.2) is 0 Å². The fourth-order valence-electron chi connectivity index (χ4n) is 3.74. The van der Waals surface area contributed by atoms with Crippen molar-refractivity contribution in [3.8, 4) is 10.4 Å². The van der Waals surface area contributed by atoms with E-state index in [1.54, 1.807) is 33.4 Å². The van der Waals surface area contributed by atoms with Gasteiger partial charge in [0.1, 0.15) is 11.7 Å². The molecule has 0 radical (unpaired) electrons. The summed E-state index contributed by atoms with van der Waals surface area (Å²) in [6, 6.07) is 11.7. The number of amides is 2. The van der Waals surface area contributed by atoms with Crippen molar-refractivity contribution in [3.63, 3.8) is 0 Å². The Kier molecular flexibility index (Phi) is 6.23. The minimum atomic E-state index is -0.586. The molecule has 6 nitrogen and oxygen atoms in total. The standard InChI is InChI=1S/C24H24N4O2S/c1-3-10-27-11-12-28(23(29)20-16-25-17(2)15-26-20)21(24(27)30)14-18-6-8-19(9-7-18)22-5-4-13-31-22/h3-9,13,15-16,21H,1,10-12,14H2,2H3. The fourth-order valence-corrected chi connectivity index (χ4v) is 4.47. The molecule has 1 aromatic carbocycles. The van der Waals surface area contributed by atoms with E-state index < -0.39 is 6.04 Å². The Hall–Kier alpha value is -3.32. The molecule has 0 N–H and O–H groups in total. The van der Waals surface area contributed by atoms with E-state index in [1.165, 1.54) is 11.1 Å². The van der Waals surface area contributed by atoms with Crippen LogP contribution < -0.4 is 0 Å². The van der Waals surface area contributed by atoms with Crippen molar-refractivity contribution in [2.75, 3.05) is 19.6 Å². The molecule has 1 saturated heterocycles. The van der Waals surface area contributed by atoms with Gasteiger partial charge in [-0.15, -0.1) is 17.9 Å². The number of rotatable bonds is 6. The highest BCUT2D eigenvalue weighted by Crippen LogP contribution is 2.26. The second kappa shape index (κ2) is 9.22. The maximum atomic E-state index is 13.2. The minimum absolute atomic E-state index is 0.0677. The van der Waals surface area contributed by atoms with E-state index in [0.29, 0.717) is 26.1 Å². The highest BCUT2D eigenvalue weighted by Gasteiger charge is 2.37. The van der Waals surface area contributed by atoms with Crippen LogP contribution in [0, 0.1) is 6.92 Å². The van der Waals surface area contributed by atoms with E-state index in [-0.39, 0.29) is 17.5 Å². The summed E-state index contributed by atoms with van der Waals surface area (Å²) < 4.78 is 0. The van der Waals surface area contributed by atoms with Crippen LogP contribution in [-0.2, 0) is 11.2 Å². The topological polar surface area (TPSA) is 66.4 Å². The highest BCUT2D eigenvalue weighted by molar-refractivity contribution is 7.13. The fraction of sp³-hybridized carbons (Fsp3) is 0.250. The van der Waals surface area contributed by atoms with Crippen molar-refractivity contribution >= 4 is 23.2 Å². The maximum absolute atomic E-state index is 13.2. The van der Waals surface area contributed by atoms with Gasteiger partial charge in [-0.3, -0.25) is 14.6 Å². The Labute approximate surface area is 185 Å². The molecule has 3 aromatic rings. The third-order valence-electron chi connectivity index (χ3n) is 5.38. The number of aromatic nitrogens is 2. The van der Waals surface area contributed by atoms with Gasteiger partial charge in [0.25, 0.3) is 5.91 Å². The molecule has 0 saturated carbocycles. The predicted octanol–water partition coefficient (Wildman–Crippen LogP) is 3.60. The van der Waals surface area contributed by atoms with Crippen LogP contribution in [0.3, 0.4) is 0 Å². The third-order valence-corrected chi connectivity index (χ3v) is 6.30. The van der Waals surface area contributed by atoms with E-state index in [9.17, 15) is 9.59 Å². The Balaban J connectivity index is 1.59. The Morgan fingerprint density at radius 2 is 2.00 bits per heavy atom. The Bertz CT molecular complexity index is 1060.